The zero-order valence-corrected chi connectivity index (χ0v) is 13.1. The van der Waals surface area contributed by atoms with Crippen LogP contribution in [0, 0.1) is 6.92 Å². The van der Waals surface area contributed by atoms with Gasteiger partial charge in [0.05, 0.1) is 12.3 Å². The number of carbonyl (C=O) groups is 1. The van der Waals surface area contributed by atoms with E-state index >= 15 is 0 Å². The van der Waals surface area contributed by atoms with Gasteiger partial charge >= 0.3 is 5.97 Å². The molecule has 1 N–H and O–H groups in total. The maximum atomic E-state index is 12.0. The molecule has 0 fully saturated rings. The average molecular weight is 310 g/mol. The lowest BCUT2D eigenvalue weighted by atomic mass is 10.2. The molecule has 0 aliphatic carbocycles. The third-order valence-electron chi connectivity index (χ3n) is 2.94. The summed E-state index contributed by atoms with van der Waals surface area (Å²) in [5.41, 5.74) is 1.08. The number of nitrogens with one attached hydrogen (secondary N) is 1. The lowest BCUT2D eigenvalue weighted by Gasteiger charge is -2.17. The minimum Gasteiger partial charge on any atom is -0.464 e. The van der Waals surface area contributed by atoms with Crippen molar-refractivity contribution in [3.05, 3.63) is 12.0 Å². The van der Waals surface area contributed by atoms with Gasteiger partial charge in [-0.2, -0.15) is 16.7 Å². The molecule has 7 nitrogen and oxygen atoms in total. The fourth-order valence-corrected chi connectivity index (χ4v) is 2.40. The van der Waals surface area contributed by atoms with E-state index in [9.17, 15) is 4.79 Å². The van der Waals surface area contributed by atoms with Crippen LogP contribution in [0.15, 0.2) is 10.9 Å². The molecule has 0 aromatic carbocycles. The Labute approximate surface area is 126 Å². The summed E-state index contributed by atoms with van der Waals surface area (Å²) in [4.78, 5) is 20.2. The zero-order chi connectivity index (χ0) is 15.2. The van der Waals surface area contributed by atoms with Crippen LogP contribution in [0.1, 0.15) is 19.0 Å². The Kier molecular flexibility index (Phi) is 5.38. The molecule has 2 aromatic rings. The number of ether oxygens (including phenoxy) is 1. The van der Waals surface area contributed by atoms with E-state index in [1.54, 1.807) is 18.7 Å². The molecule has 0 aliphatic heterocycles. The second-order valence-corrected chi connectivity index (χ2v) is 5.39. The minimum absolute atomic E-state index is 0.285. The normalized spacial score (nSPS) is 12.3. The number of aryl methyl sites for hydroxylation is 1. The Morgan fingerprint density at radius 2 is 2.33 bits per heavy atom. The Bertz CT molecular complexity index is 616. The summed E-state index contributed by atoms with van der Waals surface area (Å²) in [6, 6.07) is -0.454. The molecule has 0 saturated carbocycles. The standard InChI is InChI=1S/C13H18N4O3S/c1-4-19-13(18)9(5-6-21-3)16-11-10-8(2)17-20-12(10)15-7-14-11/h7,9H,4-6H2,1-3H3,(H,14,15,16). The fraction of sp³-hybridized carbons (Fsp3) is 0.538. The van der Waals surface area contributed by atoms with Crippen molar-refractivity contribution in [3.63, 3.8) is 0 Å². The smallest absolute Gasteiger partial charge is 0.328 e. The summed E-state index contributed by atoms with van der Waals surface area (Å²) in [6.07, 6.45) is 4.02. The lowest BCUT2D eigenvalue weighted by molar-refractivity contribution is -0.144. The first kappa shape index (κ1) is 15.6. The summed E-state index contributed by atoms with van der Waals surface area (Å²) in [7, 11) is 0. The van der Waals surface area contributed by atoms with Crippen LogP contribution >= 0.6 is 11.8 Å². The molecule has 2 heterocycles. The first-order valence-corrected chi connectivity index (χ1v) is 8.05. The Hall–Kier alpha value is -1.83. The van der Waals surface area contributed by atoms with Crippen molar-refractivity contribution in [1.29, 1.82) is 0 Å². The van der Waals surface area contributed by atoms with Gasteiger partial charge in [0.1, 0.15) is 23.6 Å². The van der Waals surface area contributed by atoms with Gasteiger partial charge < -0.3 is 14.6 Å². The number of thioether (sulfide) groups is 1. The average Bonchev–Trinajstić information content (AvgIpc) is 2.86. The SMILES string of the molecule is CCOC(=O)C(CCSC)Nc1ncnc2onc(C)c12. The number of aromatic nitrogens is 3. The number of rotatable bonds is 7. The molecule has 1 unspecified atom stereocenters. The maximum Gasteiger partial charge on any atom is 0.328 e. The first-order valence-electron chi connectivity index (χ1n) is 6.66. The summed E-state index contributed by atoms with van der Waals surface area (Å²) in [5.74, 6) is 1.10. The van der Waals surface area contributed by atoms with Crippen LogP contribution in [0.25, 0.3) is 11.1 Å². The van der Waals surface area contributed by atoms with Crippen molar-refractivity contribution in [2.45, 2.75) is 26.3 Å². The summed E-state index contributed by atoms with van der Waals surface area (Å²) >= 11 is 1.67. The van der Waals surface area contributed by atoms with Crippen molar-refractivity contribution >= 4 is 34.6 Å². The van der Waals surface area contributed by atoms with Gasteiger partial charge in [0.25, 0.3) is 5.71 Å². The van der Waals surface area contributed by atoms with Crippen molar-refractivity contribution in [2.75, 3.05) is 23.9 Å². The minimum atomic E-state index is -0.454. The molecule has 1 atom stereocenters. The van der Waals surface area contributed by atoms with Gasteiger partial charge in [0, 0.05) is 0 Å². The Morgan fingerprint density at radius 1 is 1.52 bits per heavy atom. The van der Waals surface area contributed by atoms with Gasteiger partial charge in [-0.15, -0.1) is 0 Å². The van der Waals surface area contributed by atoms with Crippen molar-refractivity contribution < 1.29 is 14.1 Å². The van der Waals surface area contributed by atoms with Gasteiger partial charge in [0.15, 0.2) is 0 Å². The van der Waals surface area contributed by atoms with E-state index in [1.165, 1.54) is 6.33 Å². The monoisotopic (exact) mass is 310 g/mol. The molecule has 21 heavy (non-hydrogen) atoms. The molecular formula is C13H18N4O3S. The highest BCUT2D eigenvalue weighted by Gasteiger charge is 2.22. The predicted molar refractivity (Wildman–Crippen MR) is 81.4 cm³/mol. The largest absolute Gasteiger partial charge is 0.464 e. The third-order valence-corrected chi connectivity index (χ3v) is 3.58. The van der Waals surface area contributed by atoms with Gasteiger partial charge in [-0.1, -0.05) is 5.16 Å². The maximum absolute atomic E-state index is 12.0. The highest BCUT2D eigenvalue weighted by Crippen LogP contribution is 2.23. The number of esters is 1. The molecule has 2 rings (SSSR count). The number of hydrogen-bond acceptors (Lipinski definition) is 8. The van der Waals surface area contributed by atoms with E-state index in [0.29, 0.717) is 35.6 Å². The van der Waals surface area contributed by atoms with E-state index < -0.39 is 6.04 Å². The van der Waals surface area contributed by atoms with E-state index in [-0.39, 0.29) is 5.97 Å². The Morgan fingerprint density at radius 3 is 3.05 bits per heavy atom. The molecular weight excluding hydrogens is 292 g/mol. The van der Waals surface area contributed by atoms with Crippen LogP contribution in [0.2, 0.25) is 0 Å². The molecule has 2 aromatic heterocycles. The second-order valence-electron chi connectivity index (χ2n) is 4.40. The molecule has 8 heteroatoms. The van der Waals surface area contributed by atoms with E-state index in [2.05, 4.69) is 20.4 Å². The predicted octanol–water partition coefficient (Wildman–Crippen LogP) is 2.02. The van der Waals surface area contributed by atoms with Crippen LogP contribution < -0.4 is 5.32 Å². The van der Waals surface area contributed by atoms with Gasteiger partial charge in [-0.05, 0) is 32.3 Å². The molecule has 0 radical (unpaired) electrons. The van der Waals surface area contributed by atoms with E-state index in [4.69, 9.17) is 9.26 Å². The van der Waals surface area contributed by atoms with Gasteiger partial charge in [-0.25, -0.2) is 9.78 Å². The van der Waals surface area contributed by atoms with Gasteiger partial charge in [-0.3, -0.25) is 0 Å². The summed E-state index contributed by atoms with van der Waals surface area (Å²) in [6.45, 7) is 3.94. The van der Waals surface area contributed by atoms with Crippen LogP contribution in [-0.2, 0) is 9.53 Å². The fourth-order valence-electron chi connectivity index (χ4n) is 1.92. The number of carbonyl (C=O) groups excluding carboxylic acids is 1. The van der Waals surface area contributed by atoms with Gasteiger partial charge in [0.2, 0.25) is 0 Å². The van der Waals surface area contributed by atoms with Crippen molar-refractivity contribution in [1.82, 2.24) is 15.1 Å². The van der Waals surface area contributed by atoms with Crippen molar-refractivity contribution in [3.8, 4) is 0 Å². The van der Waals surface area contributed by atoms with Crippen molar-refractivity contribution in [2.24, 2.45) is 0 Å². The van der Waals surface area contributed by atoms with Crippen LogP contribution in [0.4, 0.5) is 5.82 Å². The van der Waals surface area contributed by atoms with Crippen LogP contribution in [0.3, 0.4) is 0 Å². The quantitative estimate of drug-likeness (QED) is 0.777. The third kappa shape index (κ3) is 3.63. The number of nitrogens with zero attached hydrogens (tertiary/aromatic N) is 3. The summed E-state index contributed by atoms with van der Waals surface area (Å²) in [5, 5.41) is 7.69. The number of hydrogen-bond donors (Lipinski definition) is 1. The topological polar surface area (TPSA) is 90.1 Å². The lowest BCUT2D eigenvalue weighted by Crippen LogP contribution is -2.32. The zero-order valence-electron chi connectivity index (χ0n) is 12.3. The molecule has 0 amide bonds. The van der Waals surface area contributed by atoms with Crippen LogP contribution in [0.5, 0.6) is 0 Å². The molecule has 0 spiro atoms. The molecule has 114 valence electrons. The molecule has 0 aliphatic rings. The van der Waals surface area contributed by atoms with Crippen LogP contribution in [-0.4, -0.2) is 45.8 Å². The number of fused-ring (bicyclic) bond motifs is 1. The summed E-state index contributed by atoms with van der Waals surface area (Å²) < 4.78 is 10.2. The second kappa shape index (κ2) is 7.26. The Balaban J connectivity index is 2.25. The molecule has 0 saturated heterocycles. The number of anilines is 1. The molecule has 0 bridgehead atoms. The first-order chi connectivity index (χ1) is 10.2. The highest BCUT2D eigenvalue weighted by molar-refractivity contribution is 7.98. The highest BCUT2D eigenvalue weighted by atomic mass is 32.2. The van der Waals surface area contributed by atoms with E-state index in [0.717, 1.165) is 5.75 Å². The van der Waals surface area contributed by atoms with E-state index in [1.807, 2.05) is 13.2 Å².